The number of likely N-dealkylation sites (tertiary alicyclic amines) is 1. The molecule has 18 heavy (non-hydrogen) atoms. The fourth-order valence-corrected chi connectivity index (χ4v) is 3.06. The highest BCUT2D eigenvalue weighted by molar-refractivity contribution is 5.79. The molecule has 1 aliphatic rings. The Labute approximate surface area is 107 Å². The molecule has 0 aliphatic carbocycles. The molecule has 1 fully saturated rings. The van der Waals surface area contributed by atoms with Gasteiger partial charge in [-0.3, -0.25) is 14.4 Å². The van der Waals surface area contributed by atoms with E-state index >= 15 is 0 Å². The lowest BCUT2D eigenvalue weighted by Crippen LogP contribution is -2.50. The van der Waals surface area contributed by atoms with Gasteiger partial charge in [0.1, 0.15) is 5.54 Å². The smallest absolute Gasteiger partial charge is 0.324 e. The minimum Gasteiger partial charge on any atom is -0.480 e. The average molecular weight is 251 g/mol. The first-order valence-electron chi connectivity index (χ1n) is 6.50. The van der Waals surface area contributed by atoms with Gasteiger partial charge in [-0.15, -0.1) is 0 Å². The van der Waals surface area contributed by atoms with Gasteiger partial charge in [-0.2, -0.15) is 5.10 Å². The monoisotopic (exact) mass is 251 g/mol. The Balaban J connectivity index is 2.29. The van der Waals surface area contributed by atoms with E-state index in [2.05, 4.69) is 16.9 Å². The van der Waals surface area contributed by atoms with E-state index in [9.17, 15) is 9.90 Å². The fourth-order valence-electron chi connectivity index (χ4n) is 3.06. The van der Waals surface area contributed by atoms with Crippen LogP contribution in [0.2, 0.25) is 0 Å². The summed E-state index contributed by atoms with van der Waals surface area (Å²) in [5, 5.41) is 13.7. The van der Waals surface area contributed by atoms with E-state index in [4.69, 9.17) is 0 Å². The molecule has 2 rings (SSSR count). The summed E-state index contributed by atoms with van der Waals surface area (Å²) in [5.41, 5.74) is 0.383. The van der Waals surface area contributed by atoms with Crippen LogP contribution in [-0.4, -0.2) is 37.8 Å². The Hall–Kier alpha value is -1.36. The summed E-state index contributed by atoms with van der Waals surface area (Å²) in [6.07, 6.45) is 6.12. The van der Waals surface area contributed by atoms with Gasteiger partial charge in [0, 0.05) is 24.8 Å². The zero-order valence-electron chi connectivity index (χ0n) is 11.3. The van der Waals surface area contributed by atoms with Crippen molar-refractivity contribution in [3.8, 4) is 0 Å². The lowest BCUT2D eigenvalue weighted by Gasteiger charge is -2.37. The number of nitrogens with zero attached hydrogens (tertiary/aromatic N) is 3. The number of carbonyl (C=O) groups is 1. The Bertz CT molecular complexity index is 443. The second kappa shape index (κ2) is 4.72. The van der Waals surface area contributed by atoms with E-state index in [1.165, 1.54) is 0 Å². The van der Waals surface area contributed by atoms with Crippen molar-refractivity contribution in [2.75, 3.05) is 6.54 Å². The zero-order chi connectivity index (χ0) is 13.3. The number of aromatic nitrogens is 2. The van der Waals surface area contributed by atoms with Crippen molar-refractivity contribution in [2.24, 2.45) is 7.05 Å². The first-order chi connectivity index (χ1) is 8.51. The van der Waals surface area contributed by atoms with Gasteiger partial charge in [0.25, 0.3) is 0 Å². The Morgan fingerprint density at radius 3 is 2.89 bits per heavy atom. The topological polar surface area (TPSA) is 58.4 Å². The maximum atomic E-state index is 11.6. The van der Waals surface area contributed by atoms with Gasteiger partial charge in [-0.1, -0.05) is 6.92 Å². The molecule has 2 atom stereocenters. The van der Waals surface area contributed by atoms with Crippen LogP contribution in [0.15, 0.2) is 12.4 Å². The summed E-state index contributed by atoms with van der Waals surface area (Å²) in [7, 11) is 1.88. The highest BCUT2D eigenvalue weighted by Gasteiger charge is 2.48. The molecule has 1 aromatic rings. The predicted octanol–water partition coefficient (Wildman–Crippen LogP) is 1.81. The quantitative estimate of drug-likeness (QED) is 0.886. The summed E-state index contributed by atoms with van der Waals surface area (Å²) in [5.74, 6) is -0.696. The predicted molar refractivity (Wildman–Crippen MR) is 68.2 cm³/mol. The highest BCUT2D eigenvalue weighted by atomic mass is 16.4. The standard InChI is InChI=1S/C13H21N3O2/c1-4-13(12(17)18)6-5-7-16(13)10(2)11-8-14-15(3)9-11/h8-10H,4-7H2,1-3H3,(H,17,18). The van der Waals surface area contributed by atoms with E-state index in [0.29, 0.717) is 6.42 Å². The molecule has 0 saturated carbocycles. The molecule has 1 aromatic heterocycles. The normalized spacial score (nSPS) is 26.4. The third kappa shape index (κ3) is 1.92. The SMILES string of the molecule is CCC1(C(=O)O)CCCN1C(C)c1cnn(C)c1. The minimum atomic E-state index is -0.699. The summed E-state index contributed by atoms with van der Waals surface area (Å²) in [4.78, 5) is 13.8. The molecule has 1 aliphatic heterocycles. The van der Waals surface area contributed by atoms with Crippen LogP contribution in [-0.2, 0) is 11.8 Å². The molecule has 100 valence electrons. The van der Waals surface area contributed by atoms with Crippen molar-refractivity contribution in [3.63, 3.8) is 0 Å². The molecule has 0 bridgehead atoms. The minimum absolute atomic E-state index is 0.0947. The van der Waals surface area contributed by atoms with Crippen molar-refractivity contribution < 1.29 is 9.90 Å². The van der Waals surface area contributed by atoms with E-state index in [1.54, 1.807) is 4.68 Å². The van der Waals surface area contributed by atoms with Gasteiger partial charge in [-0.05, 0) is 32.7 Å². The molecule has 0 amide bonds. The van der Waals surface area contributed by atoms with E-state index < -0.39 is 11.5 Å². The summed E-state index contributed by atoms with van der Waals surface area (Å²) in [6, 6.07) is 0.0947. The number of hydrogen-bond acceptors (Lipinski definition) is 3. The number of aryl methyl sites for hydroxylation is 1. The van der Waals surface area contributed by atoms with Gasteiger partial charge in [-0.25, -0.2) is 0 Å². The molecule has 1 saturated heterocycles. The van der Waals surface area contributed by atoms with Crippen molar-refractivity contribution in [3.05, 3.63) is 18.0 Å². The summed E-state index contributed by atoms with van der Waals surface area (Å²) >= 11 is 0. The summed E-state index contributed by atoms with van der Waals surface area (Å²) < 4.78 is 1.76. The number of carboxylic acid groups (broad SMARTS) is 1. The molecule has 0 aromatic carbocycles. The van der Waals surface area contributed by atoms with Crippen molar-refractivity contribution in [2.45, 2.75) is 44.7 Å². The molecule has 5 heteroatoms. The Morgan fingerprint density at radius 1 is 1.67 bits per heavy atom. The molecular formula is C13H21N3O2. The number of hydrogen-bond donors (Lipinski definition) is 1. The van der Waals surface area contributed by atoms with E-state index in [0.717, 1.165) is 24.9 Å². The third-order valence-corrected chi connectivity index (χ3v) is 4.20. The van der Waals surface area contributed by atoms with Crippen LogP contribution in [0, 0.1) is 0 Å². The maximum absolute atomic E-state index is 11.6. The number of carboxylic acids is 1. The zero-order valence-corrected chi connectivity index (χ0v) is 11.3. The van der Waals surface area contributed by atoms with Crippen LogP contribution < -0.4 is 0 Å². The Morgan fingerprint density at radius 2 is 2.39 bits per heavy atom. The van der Waals surface area contributed by atoms with Gasteiger partial charge in [0.2, 0.25) is 0 Å². The maximum Gasteiger partial charge on any atom is 0.324 e. The van der Waals surface area contributed by atoms with Crippen LogP contribution in [0.5, 0.6) is 0 Å². The second-order valence-electron chi connectivity index (χ2n) is 5.11. The van der Waals surface area contributed by atoms with Crippen LogP contribution in [0.25, 0.3) is 0 Å². The van der Waals surface area contributed by atoms with E-state index in [-0.39, 0.29) is 6.04 Å². The second-order valence-corrected chi connectivity index (χ2v) is 5.11. The Kier molecular flexibility index (Phi) is 3.43. The van der Waals surface area contributed by atoms with Crippen LogP contribution >= 0.6 is 0 Å². The molecule has 0 spiro atoms. The summed E-state index contributed by atoms with van der Waals surface area (Å²) in [6.45, 7) is 4.87. The average Bonchev–Trinajstić information content (AvgIpc) is 2.94. The lowest BCUT2D eigenvalue weighted by molar-refractivity contribution is -0.151. The first kappa shape index (κ1) is 13.1. The van der Waals surface area contributed by atoms with E-state index in [1.807, 2.05) is 26.4 Å². The molecule has 0 radical (unpaired) electrons. The molecular weight excluding hydrogens is 230 g/mol. The van der Waals surface area contributed by atoms with Gasteiger partial charge < -0.3 is 5.11 Å². The fraction of sp³-hybridized carbons (Fsp3) is 0.692. The van der Waals surface area contributed by atoms with Crippen molar-refractivity contribution in [1.82, 2.24) is 14.7 Å². The van der Waals surface area contributed by atoms with Crippen molar-refractivity contribution in [1.29, 1.82) is 0 Å². The number of rotatable bonds is 4. The number of aliphatic carboxylic acids is 1. The third-order valence-electron chi connectivity index (χ3n) is 4.20. The van der Waals surface area contributed by atoms with Gasteiger partial charge in [0.05, 0.1) is 6.20 Å². The molecule has 2 heterocycles. The van der Waals surface area contributed by atoms with Gasteiger partial charge >= 0.3 is 5.97 Å². The largest absolute Gasteiger partial charge is 0.480 e. The van der Waals surface area contributed by atoms with Crippen LogP contribution in [0.3, 0.4) is 0 Å². The lowest BCUT2D eigenvalue weighted by atomic mass is 9.91. The first-order valence-corrected chi connectivity index (χ1v) is 6.50. The molecule has 2 unspecified atom stereocenters. The van der Waals surface area contributed by atoms with Crippen molar-refractivity contribution >= 4 is 5.97 Å². The van der Waals surface area contributed by atoms with Gasteiger partial charge in [0.15, 0.2) is 0 Å². The van der Waals surface area contributed by atoms with Crippen LogP contribution in [0.4, 0.5) is 0 Å². The molecule has 1 N–H and O–H groups in total. The highest BCUT2D eigenvalue weighted by Crippen LogP contribution is 2.39. The van der Waals surface area contributed by atoms with Crippen LogP contribution in [0.1, 0.15) is 44.7 Å². The molecule has 5 nitrogen and oxygen atoms in total.